The smallest absolute Gasteiger partial charge is 0.311 e. The van der Waals surface area contributed by atoms with Crippen LogP contribution in [-0.4, -0.2) is 38.6 Å². The zero-order valence-corrected chi connectivity index (χ0v) is 25.1. The molecule has 37 heavy (non-hydrogen) atoms. The fraction of sp³-hybridized carbons (Fsp3) is 0.806. The molecule has 0 radical (unpaired) electrons. The minimum absolute atomic E-state index is 0.0233. The maximum Gasteiger partial charge on any atom is 0.311 e. The van der Waals surface area contributed by atoms with E-state index in [1.165, 1.54) is 6.92 Å². The zero-order chi connectivity index (χ0) is 32.8. The van der Waals surface area contributed by atoms with Crippen molar-refractivity contribution in [3.05, 3.63) is 23.8 Å². The first-order valence-corrected chi connectivity index (χ1v) is 16.9. The van der Waals surface area contributed by atoms with Gasteiger partial charge in [-0.2, -0.15) is 0 Å². The van der Waals surface area contributed by atoms with E-state index >= 15 is 0 Å². The van der Waals surface area contributed by atoms with Crippen molar-refractivity contribution in [3.8, 4) is 0 Å². The molecule has 1 saturated heterocycles. The Bertz CT molecular complexity index is 1080. The number of carbonyl (C=O) groups excluding carboxylic acids is 2. The molecule has 2 aliphatic carbocycles. The number of hydrogen-bond acceptors (Lipinski definition) is 5. The molecular formula is C31H52O5Si. The highest BCUT2D eigenvalue weighted by molar-refractivity contribution is 6.74. The summed E-state index contributed by atoms with van der Waals surface area (Å²) >= 11 is 0. The first kappa shape index (κ1) is 22.4. The molecule has 0 spiro atoms. The van der Waals surface area contributed by atoms with Gasteiger partial charge in [0.1, 0.15) is 12.2 Å². The third kappa shape index (κ3) is 7.17. The van der Waals surface area contributed by atoms with Crippen molar-refractivity contribution < 1.29 is 31.7 Å². The zero-order valence-electron chi connectivity index (χ0n) is 30.1. The van der Waals surface area contributed by atoms with Crippen LogP contribution in [0.1, 0.15) is 102 Å². The number of rotatable bonds is 8. The minimum Gasteiger partial charge on any atom is -0.462 e. The fourth-order valence-electron chi connectivity index (χ4n) is 5.69. The molecule has 0 aromatic carbocycles. The van der Waals surface area contributed by atoms with Gasteiger partial charge in [0.25, 0.3) is 0 Å². The highest BCUT2D eigenvalue weighted by atomic mass is 28.4. The van der Waals surface area contributed by atoms with Crippen LogP contribution in [0, 0.1) is 29.1 Å². The van der Waals surface area contributed by atoms with Gasteiger partial charge in [-0.1, -0.05) is 59.8 Å². The average Bonchev–Trinajstić information content (AvgIpc) is 2.81. The molecule has 5 nitrogen and oxygen atoms in total. The number of hydrogen-bond donors (Lipinski definition) is 0. The van der Waals surface area contributed by atoms with E-state index in [0.29, 0.717) is 25.7 Å². The van der Waals surface area contributed by atoms with E-state index in [1.807, 2.05) is 13.0 Å². The summed E-state index contributed by atoms with van der Waals surface area (Å²) in [5.41, 5.74) is -1.59. The second-order valence-electron chi connectivity index (χ2n) is 13.1. The molecule has 0 aromatic heterocycles. The Balaban J connectivity index is 1.83. The average molecular weight is 539 g/mol. The van der Waals surface area contributed by atoms with Gasteiger partial charge in [0.05, 0.1) is 17.9 Å². The normalized spacial score (nSPS) is 35.9. The lowest BCUT2D eigenvalue weighted by Gasteiger charge is -2.44. The van der Waals surface area contributed by atoms with Crippen LogP contribution >= 0.6 is 0 Å². The molecule has 3 aliphatic rings. The Kier molecular flexibility index (Phi) is 6.89. The Hall–Kier alpha value is -1.40. The second kappa shape index (κ2) is 11.4. The third-order valence-corrected chi connectivity index (χ3v) is 13.6. The number of esters is 2. The van der Waals surface area contributed by atoms with Gasteiger partial charge in [0.15, 0.2) is 8.32 Å². The topological polar surface area (TPSA) is 61.8 Å². The van der Waals surface area contributed by atoms with Gasteiger partial charge in [-0.05, 0) is 80.8 Å². The maximum absolute atomic E-state index is 13.6. The van der Waals surface area contributed by atoms with Gasteiger partial charge in [0, 0.05) is 20.6 Å². The van der Waals surface area contributed by atoms with Gasteiger partial charge >= 0.3 is 11.9 Å². The molecule has 210 valence electrons. The molecule has 6 heteroatoms. The van der Waals surface area contributed by atoms with E-state index in [0.717, 1.165) is 5.57 Å². The molecule has 1 fully saturated rings. The van der Waals surface area contributed by atoms with Gasteiger partial charge in [-0.15, -0.1) is 0 Å². The van der Waals surface area contributed by atoms with Crippen LogP contribution in [0.2, 0.25) is 18.1 Å². The SMILES string of the molecule is [2H]C([2H])([2H])C(CC)(C(=O)O[C@H]1C[C@@H](C)C=C2C=C[C@H](C)[C@H](CC[C@@H]3C[C@@H](O[Si](C)(C)C(C)(C)C)CC(=O)O3)[C@H]21)C([2H])([2H])[2H]. The quantitative estimate of drug-likeness (QED) is 0.235. The summed E-state index contributed by atoms with van der Waals surface area (Å²) in [7, 11) is -2.07. The van der Waals surface area contributed by atoms with Crippen LogP contribution in [0.25, 0.3) is 0 Å². The Morgan fingerprint density at radius 2 is 1.89 bits per heavy atom. The summed E-state index contributed by atoms with van der Waals surface area (Å²) in [5.74, 6) is -1.44. The van der Waals surface area contributed by atoms with E-state index < -0.39 is 39.5 Å². The Labute approximate surface area is 235 Å². The number of cyclic esters (lactones) is 1. The van der Waals surface area contributed by atoms with E-state index in [-0.39, 0.29) is 59.7 Å². The summed E-state index contributed by atoms with van der Waals surface area (Å²) in [5, 5.41) is 0.0233. The first-order chi connectivity index (χ1) is 19.5. The van der Waals surface area contributed by atoms with Crippen LogP contribution in [-0.2, 0) is 23.5 Å². The molecule has 0 N–H and O–H groups in total. The standard InChI is InChI=1S/C31H52O5Si/c1-11-31(7,8)29(33)35-26-17-20(2)16-22-13-12-21(3)25(28(22)26)15-14-23-18-24(19-27(32)34-23)36-37(9,10)30(4,5)6/h12-13,16,20-21,23-26,28H,11,14-15,17-19H2,1-10H3/t20-,21-,23+,24+,25-,26-,28-/m0/s1/i7D3,8D3. The van der Waals surface area contributed by atoms with E-state index in [9.17, 15) is 9.59 Å². The minimum atomic E-state index is -3.06. The van der Waals surface area contributed by atoms with Crippen LogP contribution < -0.4 is 0 Å². The maximum atomic E-state index is 13.6. The monoisotopic (exact) mass is 538 g/mol. The third-order valence-electron chi connectivity index (χ3n) is 9.04. The molecule has 0 amide bonds. The van der Waals surface area contributed by atoms with Gasteiger partial charge in [-0.3, -0.25) is 9.59 Å². The summed E-state index contributed by atoms with van der Waals surface area (Å²) in [6.07, 6.45) is 7.49. The summed E-state index contributed by atoms with van der Waals surface area (Å²) in [6.45, 7) is 10.3. The van der Waals surface area contributed by atoms with Gasteiger partial charge in [-0.25, -0.2) is 0 Å². The lowest BCUT2D eigenvalue weighted by Crippen LogP contribution is -2.47. The van der Waals surface area contributed by atoms with Gasteiger partial charge in [0.2, 0.25) is 0 Å². The summed E-state index contributed by atoms with van der Waals surface area (Å²) < 4.78 is 66.6. The Morgan fingerprint density at radius 1 is 1.19 bits per heavy atom. The van der Waals surface area contributed by atoms with Crippen molar-refractivity contribution in [2.45, 2.75) is 130 Å². The molecule has 0 bridgehead atoms. The summed E-state index contributed by atoms with van der Waals surface area (Å²) in [4.78, 5) is 26.2. The van der Waals surface area contributed by atoms with Crippen LogP contribution in [0.15, 0.2) is 23.8 Å². The van der Waals surface area contributed by atoms with Crippen LogP contribution in [0.5, 0.6) is 0 Å². The van der Waals surface area contributed by atoms with Crippen molar-refractivity contribution in [2.75, 3.05) is 0 Å². The van der Waals surface area contributed by atoms with Gasteiger partial charge < -0.3 is 13.9 Å². The predicted molar refractivity (Wildman–Crippen MR) is 152 cm³/mol. The van der Waals surface area contributed by atoms with E-state index in [1.54, 1.807) is 0 Å². The highest BCUT2D eigenvalue weighted by Gasteiger charge is 2.44. The highest BCUT2D eigenvalue weighted by Crippen LogP contribution is 2.46. The van der Waals surface area contributed by atoms with E-state index in [4.69, 9.17) is 22.1 Å². The lowest BCUT2D eigenvalue weighted by atomic mass is 9.65. The second-order valence-corrected chi connectivity index (χ2v) is 17.9. The largest absolute Gasteiger partial charge is 0.462 e. The summed E-state index contributed by atoms with van der Waals surface area (Å²) in [6, 6.07) is 0. The molecule has 0 unspecified atom stereocenters. The van der Waals surface area contributed by atoms with E-state index in [2.05, 4.69) is 52.9 Å². The fourth-order valence-corrected chi connectivity index (χ4v) is 7.05. The molecule has 1 heterocycles. The Morgan fingerprint density at radius 3 is 2.51 bits per heavy atom. The lowest BCUT2D eigenvalue weighted by molar-refractivity contribution is -0.165. The van der Waals surface area contributed by atoms with Crippen molar-refractivity contribution >= 4 is 20.3 Å². The number of fused-ring (bicyclic) bond motifs is 1. The first-order valence-electron chi connectivity index (χ1n) is 17.0. The van der Waals surface area contributed by atoms with Crippen molar-refractivity contribution in [3.63, 3.8) is 0 Å². The van der Waals surface area contributed by atoms with Crippen molar-refractivity contribution in [2.24, 2.45) is 29.1 Å². The molecule has 7 atom stereocenters. The molecule has 0 aromatic rings. The molecular weight excluding hydrogens is 480 g/mol. The molecule has 0 saturated carbocycles. The number of ether oxygens (including phenoxy) is 2. The predicted octanol–water partition coefficient (Wildman–Crippen LogP) is 7.62. The van der Waals surface area contributed by atoms with Crippen LogP contribution in [0.4, 0.5) is 0 Å². The number of allylic oxidation sites excluding steroid dienone is 3. The number of carbonyl (C=O) groups is 2. The molecule has 1 aliphatic heterocycles. The van der Waals surface area contributed by atoms with Crippen molar-refractivity contribution in [1.29, 1.82) is 0 Å². The molecule has 3 rings (SSSR count). The van der Waals surface area contributed by atoms with Crippen molar-refractivity contribution in [1.82, 2.24) is 0 Å². The van der Waals surface area contributed by atoms with Crippen LogP contribution in [0.3, 0.4) is 0 Å².